The summed E-state index contributed by atoms with van der Waals surface area (Å²) in [4.78, 5) is 0. The molecule has 2 aromatic rings. The lowest BCUT2D eigenvalue weighted by Crippen LogP contribution is -1.79. The van der Waals surface area contributed by atoms with E-state index < -0.39 is 0 Å². The van der Waals surface area contributed by atoms with Crippen molar-refractivity contribution >= 4 is 0 Å². The van der Waals surface area contributed by atoms with Crippen LogP contribution in [0.3, 0.4) is 0 Å². The maximum atomic E-state index is 7.99. The van der Waals surface area contributed by atoms with Crippen LogP contribution < -0.4 is 0 Å². The Bertz CT molecular complexity index is 588. The van der Waals surface area contributed by atoms with Crippen molar-refractivity contribution in [3.8, 4) is 11.1 Å². The maximum Gasteiger partial charge on any atom is 0.0629 e. The van der Waals surface area contributed by atoms with Gasteiger partial charge in [-0.1, -0.05) is 59.6 Å². The first-order valence-electron chi connectivity index (χ1n) is 6.57. The molecule has 0 heterocycles. The van der Waals surface area contributed by atoms with Gasteiger partial charge in [0.2, 0.25) is 0 Å². The highest BCUT2D eigenvalue weighted by Crippen LogP contribution is 2.20. The second-order valence-electron chi connectivity index (χ2n) is 3.37. The van der Waals surface area contributed by atoms with Crippen LogP contribution in [0.2, 0.25) is 0 Å². The first-order chi connectivity index (χ1) is 8.43. The van der Waals surface area contributed by atoms with Crippen LogP contribution in [0.25, 0.3) is 11.1 Å². The Kier molecular flexibility index (Phi) is 1.40. The van der Waals surface area contributed by atoms with Crippen molar-refractivity contribution in [1.29, 1.82) is 0 Å². The molecule has 0 radical (unpaired) electrons. The third-order valence-electron chi connectivity index (χ3n) is 2.06. The summed E-state index contributed by atoms with van der Waals surface area (Å²) in [7, 11) is 0. The summed E-state index contributed by atoms with van der Waals surface area (Å²) in [6.07, 6.45) is 0. The van der Waals surface area contributed by atoms with Crippen molar-refractivity contribution < 1.29 is 5.48 Å². The van der Waals surface area contributed by atoms with E-state index in [1.807, 2.05) is 31.2 Å². The van der Waals surface area contributed by atoms with E-state index >= 15 is 0 Å². The molecular weight excluding hydrogens is 168 g/mol. The van der Waals surface area contributed by atoms with Crippen molar-refractivity contribution in [2.24, 2.45) is 0 Å². The lowest BCUT2D eigenvalue weighted by atomic mass is 10.0. The van der Waals surface area contributed by atoms with Crippen molar-refractivity contribution in [2.45, 2.75) is 13.8 Å². The standard InChI is InChI=1S/C14H14/c1-11-6-8-13(9-7-11)14-5-3-4-12(2)10-14/h3-10H,1-2H3/i6D,7D,8D,9D. The molecular formula is C14H14. The highest BCUT2D eigenvalue weighted by molar-refractivity contribution is 5.64. The average Bonchev–Trinajstić information content (AvgIpc) is 2.34. The van der Waals surface area contributed by atoms with Crippen LogP contribution in [-0.4, -0.2) is 0 Å². The summed E-state index contributed by atoms with van der Waals surface area (Å²) < 4.78 is 31.7. The molecule has 2 rings (SSSR count). The summed E-state index contributed by atoms with van der Waals surface area (Å²) in [6, 6.07) is 7.61. The molecule has 0 aliphatic rings. The van der Waals surface area contributed by atoms with Gasteiger partial charge in [-0.3, -0.25) is 0 Å². The van der Waals surface area contributed by atoms with Crippen LogP contribution in [0.4, 0.5) is 0 Å². The minimum absolute atomic E-state index is 0.0269. The predicted octanol–water partition coefficient (Wildman–Crippen LogP) is 3.97. The van der Waals surface area contributed by atoms with Gasteiger partial charge in [0, 0.05) is 0 Å². The lowest BCUT2D eigenvalue weighted by molar-refractivity contribution is 1.44. The minimum Gasteiger partial charge on any atom is -0.0614 e. The zero-order valence-corrected chi connectivity index (χ0v) is 8.31. The Hall–Kier alpha value is -1.56. The Morgan fingerprint density at radius 3 is 2.21 bits per heavy atom. The fourth-order valence-electron chi connectivity index (χ4n) is 1.32. The molecule has 0 saturated carbocycles. The Labute approximate surface area is 90.8 Å². The number of hydrogen-bond acceptors (Lipinski definition) is 0. The normalized spacial score (nSPS) is 14.1. The summed E-state index contributed by atoms with van der Waals surface area (Å²) in [5.74, 6) is 0. The van der Waals surface area contributed by atoms with Crippen molar-refractivity contribution in [2.75, 3.05) is 0 Å². The Balaban J connectivity index is 2.80. The number of rotatable bonds is 1. The van der Waals surface area contributed by atoms with Gasteiger partial charge >= 0.3 is 0 Å². The van der Waals surface area contributed by atoms with Gasteiger partial charge in [0.1, 0.15) is 0 Å². The third-order valence-corrected chi connectivity index (χ3v) is 2.06. The second-order valence-corrected chi connectivity index (χ2v) is 3.37. The zero-order chi connectivity index (χ0) is 13.4. The van der Waals surface area contributed by atoms with E-state index in [4.69, 9.17) is 5.48 Å². The highest BCUT2D eigenvalue weighted by Gasteiger charge is 1.96. The van der Waals surface area contributed by atoms with E-state index in [-0.39, 0.29) is 24.2 Å². The molecule has 0 amide bonds. The molecule has 2 aromatic carbocycles. The van der Waals surface area contributed by atoms with Crippen molar-refractivity contribution in [1.82, 2.24) is 0 Å². The van der Waals surface area contributed by atoms with Crippen LogP contribution in [0.15, 0.2) is 48.4 Å². The highest BCUT2D eigenvalue weighted by atomic mass is 14.0. The average molecular weight is 186 g/mol. The largest absolute Gasteiger partial charge is 0.0629 e. The molecule has 0 aliphatic carbocycles. The third kappa shape index (κ3) is 1.85. The van der Waals surface area contributed by atoms with E-state index in [0.29, 0.717) is 11.1 Å². The van der Waals surface area contributed by atoms with Gasteiger partial charge < -0.3 is 0 Å². The van der Waals surface area contributed by atoms with Gasteiger partial charge in [-0.25, -0.2) is 0 Å². The van der Waals surface area contributed by atoms with Crippen LogP contribution in [-0.2, 0) is 0 Å². The molecule has 0 aromatic heterocycles. The van der Waals surface area contributed by atoms with Gasteiger partial charge in [-0.15, -0.1) is 0 Å². The van der Waals surface area contributed by atoms with E-state index in [1.165, 1.54) is 0 Å². The van der Waals surface area contributed by atoms with Crippen molar-refractivity contribution in [3.63, 3.8) is 0 Å². The number of benzene rings is 2. The fraction of sp³-hybridized carbons (Fsp3) is 0.143. The van der Waals surface area contributed by atoms with Crippen LogP contribution in [0, 0.1) is 13.8 Å². The van der Waals surface area contributed by atoms with Gasteiger partial charge in [-0.2, -0.15) is 0 Å². The molecule has 0 heteroatoms. The first-order valence-corrected chi connectivity index (χ1v) is 4.57. The minimum atomic E-state index is 0.0269. The number of hydrogen-bond donors (Lipinski definition) is 0. The van der Waals surface area contributed by atoms with E-state index in [0.717, 1.165) is 11.1 Å². The number of aryl methyl sites for hydroxylation is 1. The maximum absolute atomic E-state index is 7.99. The van der Waals surface area contributed by atoms with Gasteiger partial charge in [-0.05, 0) is 25.0 Å². The van der Waals surface area contributed by atoms with Crippen LogP contribution in [0.5, 0.6) is 0 Å². The molecule has 0 unspecified atom stereocenters. The molecule has 14 heavy (non-hydrogen) atoms. The predicted molar refractivity (Wildman–Crippen MR) is 61.4 cm³/mol. The van der Waals surface area contributed by atoms with Crippen molar-refractivity contribution in [3.05, 3.63) is 59.6 Å². The Morgan fingerprint density at radius 1 is 0.857 bits per heavy atom. The zero-order valence-electron chi connectivity index (χ0n) is 12.3. The summed E-state index contributed by atoms with van der Waals surface area (Å²) in [5.41, 5.74) is 2.53. The molecule has 0 bridgehead atoms. The van der Waals surface area contributed by atoms with Gasteiger partial charge in [0.15, 0.2) is 0 Å². The summed E-state index contributed by atoms with van der Waals surface area (Å²) in [6.45, 7) is 3.55. The molecule has 70 valence electrons. The molecule has 0 nitrogen and oxygen atoms in total. The molecule has 0 fully saturated rings. The monoisotopic (exact) mass is 186 g/mol. The van der Waals surface area contributed by atoms with E-state index in [2.05, 4.69) is 0 Å². The molecule has 0 spiro atoms. The summed E-state index contributed by atoms with van der Waals surface area (Å²) in [5, 5.41) is 0. The topological polar surface area (TPSA) is 0 Å². The quantitative estimate of drug-likeness (QED) is 0.632. The SMILES string of the molecule is [2H]c1c([2H])c(-c2cccc(C)c2)c([2H])c([2H])c1C. The smallest absolute Gasteiger partial charge is 0.0614 e. The molecule has 0 atom stereocenters. The second kappa shape index (κ2) is 3.67. The Morgan fingerprint density at radius 2 is 1.57 bits per heavy atom. The molecule has 0 aliphatic heterocycles. The van der Waals surface area contributed by atoms with Crippen LogP contribution in [0.1, 0.15) is 16.6 Å². The fourth-order valence-corrected chi connectivity index (χ4v) is 1.32. The van der Waals surface area contributed by atoms with E-state index in [1.54, 1.807) is 6.92 Å². The molecule has 0 N–H and O–H groups in total. The lowest BCUT2D eigenvalue weighted by Gasteiger charge is -2.02. The summed E-state index contributed by atoms with van der Waals surface area (Å²) >= 11 is 0. The van der Waals surface area contributed by atoms with Gasteiger partial charge in [0.25, 0.3) is 0 Å². The van der Waals surface area contributed by atoms with Gasteiger partial charge in [0.05, 0.1) is 5.48 Å². The van der Waals surface area contributed by atoms with Crippen LogP contribution >= 0.6 is 0 Å². The first kappa shape index (κ1) is 5.35. The van der Waals surface area contributed by atoms with E-state index in [9.17, 15) is 0 Å². The molecule has 0 saturated heterocycles.